The molecule has 0 amide bonds. The molecule has 0 fully saturated rings. The van der Waals surface area contributed by atoms with Crippen LogP contribution in [0.15, 0.2) is 53.9 Å². The van der Waals surface area contributed by atoms with Crippen LogP contribution in [-0.2, 0) is 12.8 Å². The van der Waals surface area contributed by atoms with E-state index in [-0.39, 0.29) is 0 Å². The Kier molecular flexibility index (Phi) is 7.74. The van der Waals surface area contributed by atoms with E-state index in [2.05, 4.69) is 31.7 Å². The van der Waals surface area contributed by atoms with Crippen molar-refractivity contribution in [3.63, 3.8) is 0 Å². The monoisotopic (exact) mass is 358 g/mol. The maximum Gasteiger partial charge on any atom is 0.164 e. The highest BCUT2D eigenvalue weighted by Crippen LogP contribution is 2.34. The lowest BCUT2D eigenvalue weighted by molar-refractivity contribution is 0.351. The predicted molar refractivity (Wildman–Crippen MR) is 105 cm³/mol. The molecule has 0 saturated carbocycles. The van der Waals surface area contributed by atoms with Crippen molar-refractivity contribution < 1.29 is 14.2 Å². The van der Waals surface area contributed by atoms with E-state index >= 15 is 0 Å². The Labute approximate surface area is 155 Å². The molecule has 134 valence electrons. The number of hydrogen-bond acceptors (Lipinski definition) is 4. The van der Waals surface area contributed by atoms with Crippen molar-refractivity contribution in [1.82, 2.24) is 0 Å². The van der Waals surface area contributed by atoms with Crippen LogP contribution in [0.1, 0.15) is 18.1 Å². The molecule has 2 rings (SSSR count). The van der Waals surface area contributed by atoms with Gasteiger partial charge in [0, 0.05) is 16.2 Å². The summed E-state index contributed by atoms with van der Waals surface area (Å²) in [7, 11) is 3.37. The quantitative estimate of drug-likeness (QED) is 0.433. The maximum absolute atomic E-state index is 5.59. The summed E-state index contributed by atoms with van der Waals surface area (Å²) < 4.78 is 16.6. The first-order chi connectivity index (χ1) is 12.2. The molecule has 0 aromatic heterocycles. The Bertz CT molecular complexity index is 698. The van der Waals surface area contributed by atoms with Crippen molar-refractivity contribution in [3.05, 3.63) is 60.2 Å². The van der Waals surface area contributed by atoms with Gasteiger partial charge in [0.15, 0.2) is 11.5 Å². The molecule has 0 aliphatic heterocycles. The number of benzene rings is 2. The van der Waals surface area contributed by atoms with E-state index in [9.17, 15) is 0 Å². The fraction of sp³-hybridized carbons (Fsp3) is 0.333. The Morgan fingerprint density at radius 2 is 1.96 bits per heavy atom. The standard InChI is InChI=1S/C21H26O3S/c1-5-13-24-17-8-7-9-18(15-17)25-14-12-16-10-11-20(22-3)21(23-4)19(16)6-2/h5,7-11,15H,1,6,12-14H2,2-4H3. The summed E-state index contributed by atoms with van der Waals surface area (Å²) in [5.41, 5.74) is 2.54. The van der Waals surface area contributed by atoms with E-state index in [1.165, 1.54) is 16.0 Å². The van der Waals surface area contributed by atoms with Gasteiger partial charge in [-0.15, -0.1) is 11.8 Å². The Morgan fingerprint density at radius 3 is 2.64 bits per heavy atom. The van der Waals surface area contributed by atoms with E-state index < -0.39 is 0 Å². The smallest absolute Gasteiger partial charge is 0.164 e. The maximum atomic E-state index is 5.59. The van der Waals surface area contributed by atoms with Gasteiger partial charge in [0.1, 0.15) is 12.4 Å². The zero-order chi connectivity index (χ0) is 18.1. The fourth-order valence-corrected chi connectivity index (χ4v) is 3.67. The normalized spacial score (nSPS) is 10.4. The lowest BCUT2D eigenvalue weighted by atomic mass is 10.0. The minimum atomic E-state index is 0.527. The summed E-state index contributed by atoms with van der Waals surface area (Å²) in [6.45, 7) is 6.35. The molecule has 3 nitrogen and oxygen atoms in total. The third kappa shape index (κ3) is 5.20. The van der Waals surface area contributed by atoms with Gasteiger partial charge in [-0.3, -0.25) is 0 Å². The van der Waals surface area contributed by atoms with Crippen molar-refractivity contribution in [2.75, 3.05) is 26.6 Å². The minimum Gasteiger partial charge on any atom is -0.493 e. The van der Waals surface area contributed by atoms with Crippen molar-refractivity contribution in [3.8, 4) is 17.2 Å². The van der Waals surface area contributed by atoms with Crippen LogP contribution < -0.4 is 14.2 Å². The molecular weight excluding hydrogens is 332 g/mol. The first-order valence-corrected chi connectivity index (χ1v) is 9.41. The summed E-state index contributed by atoms with van der Waals surface area (Å²) in [6.07, 6.45) is 3.65. The van der Waals surface area contributed by atoms with Crippen LogP contribution in [0, 0.1) is 0 Å². The van der Waals surface area contributed by atoms with Crippen LogP contribution in [-0.4, -0.2) is 26.6 Å². The number of methoxy groups -OCH3 is 2. The average Bonchev–Trinajstić information content (AvgIpc) is 2.66. The highest BCUT2D eigenvalue weighted by Gasteiger charge is 2.13. The van der Waals surface area contributed by atoms with Gasteiger partial charge in [0.05, 0.1) is 14.2 Å². The van der Waals surface area contributed by atoms with E-state index in [0.29, 0.717) is 6.61 Å². The Morgan fingerprint density at radius 1 is 1.12 bits per heavy atom. The van der Waals surface area contributed by atoms with Crippen LogP contribution in [0.2, 0.25) is 0 Å². The van der Waals surface area contributed by atoms with E-state index in [4.69, 9.17) is 14.2 Å². The van der Waals surface area contributed by atoms with Crippen molar-refractivity contribution in [1.29, 1.82) is 0 Å². The van der Waals surface area contributed by atoms with Crippen LogP contribution in [0.3, 0.4) is 0 Å². The van der Waals surface area contributed by atoms with Gasteiger partial charge < -0.3 is 14.2 Å². The molecule has 0 N–H and O–H groups in total. The molecule has 0 atom stereocenters. The first-order valence-electron chi connectivity index (χ1n) is 8.42. The largest absolute Gasteiger partial charge is 0.493 e. The number of thioether (sulfide) groups is 1. The Hall–Kier alpha value is -2.07. The van der Waals surface area contributed by atoms with Gasteiger partial charge in [0.25, 0.3) is 0 Å². The summed E-state index contributed by atoms with van der Waals surface area (Å²) in [5.74, 6) is 3.52. The molecule has 0 saturated heterocycles. The lowest BCUT2D eigenvalue weighted by Crippen LogP contribution is -2.01. The molecule has 2 aromatic rings. The number of aryl methyl sites for hydroxylation is 1. The lowest BCUT2D eigenvalue weighted by Gasteiger charge is -2.16. The van der Waals surface area contributed by atoms with E-state index in [1.54, 1.807) is 20.3 Å². The second-order valence-corrected chi connectivity index (χ2v) is 6.63. The number of ether oxygens (including phenoxy) is 3. The fourth-order valence-electron chi connectivity index (χ4n) is 2.74. The molecule has 2 aromatic carbocycles. The van der Waals surface area contributed by atoms with Crippen molar-refractivity contribution in [2.24, 2.45) is 0 Å². The minimum absolute atomic E-state index is 0.527. The number of rotatable bonds is 10. The van der Waals surface area contributed by atoms with Gasteiger partial charge >= 0.3 is 0 Å². The molecule has 0 spiro atoms. The molecule has 0 bridgehead atoms. The average molecular weight is 359 g/mol. The van der Waals surface area contributed by atoms with Gasteiger partial charge in [-0.25, -0.2) is 0 Å². The summed E-state index contributed by atoms with van der Waals surface area (Å²) in [6, 6.07) is 12.3. The molecule has 0 aliphatic rings. The van der Waals surface area contributed by atoms with Gasteiger partial charge in [0.2, 0.25) is 0 Å². The Balaban J connectivity index is 2.03. The zero-order valence-corrected chi connectivity index (χ0v) is 16.0. The summed E-state index contributed by atoms with van der Waals surface area (Å²) in [4.78, 5) is 1.21. The second kappa shape index (κ2) is 10.0. The third-order valence-electron chi connectivity index (χ3n) is 3.91. The molecule has 0 radical (unpaired) electrons. The van der Waals surface area contributed by atoms with Gasteiger partial charge in [-0.2, -0.15) is 0 Å². The molecule has 25 heavy (non-hydrogen) atoms. The van der Waals surface area contributed by atoms with Crippen LogP contribution in [0.5, 0.6) is 17.2 Å². The van der Waals surface area contributed by atoms with Crippen molar-refractivity contribution in [2.45, 2.75) is 24.7 Å². The topological polar surface area (TPSA) is 27.7 Å². The van der Waals surface area contributed by atoms with Crippen molar-refractivity contribution >= 4 is 11.8 Å². The number of hydrogen-bond donors (Lipinski definition) is 0. The predicted octanol–water partition coefficient (Wildman–Crippen LogP) is 5.17. The summed E-state index contributed by atoms with van der Waals surface area (Å²) >= 11 is 1.83. The van der Waals surface area contributed by atoms with E-state index in [0.717, 1.165) is 35.8 Å². The van der Waals surface area contributed by atoms with Crippen LogP contribution >= 0.6 is 11.8 Å². The second-order valence-electron chi connectivity index (χ2n) is 5.47. The highest BCUT2D eigenvalue weighted by molar-refractivity contribution is 7.99. The molecule has 0 heterocycles. The molecule has 4 heteroatoms. The van der Waals surface area contributed by atoms with Gasteiger partial charge in [-0.1, -0.05) is 31.7 Å². The zero-order valence-electron chi connectivity index (χ0n) is 15.2. The molecule has 0 unspecified atom stereocenters. The highest BCUT2D eigenvalue weighted by atomic mass is 32.2. The molecular formula is C21H26O3S. The van der Waals surface area contributed by atoms with Crippen LogP contribution in [0.25, 0.3) is 0 Å². The van der Waals surface area contributed by atoms with Gasteiger partial charge in [-0.05, 0) is 42.7 Å². The van der Waals surface area contributed by atoms with Crippen LogP contribution in [0.4, 0.5) is 0 Å². The third-order valence-corrected chi connectivity index (χ3v) is 4.91. The summed E-state index contributed by atoms with van der Waals surface area (Å²) in [5, 5.41) is 0. The van der Waals surface area contributed by atoms with E-state index in [1.807, 2.05) is 30.0 Å². The first kappa shape index (κ1) is 19.3. The SMILES string of the molecule is C=CCOc1cccc(SCCc2ccc(OC)c(OC)c2CC)c1. The molecule has 0 aliphatic carbocycles.